The van der Waals surface area contributed by atoms with E-state index in [2.05, 4.69) is 25.3 Å². The number of nitrogens with zero attached hydrogens (tertiary/aromatic N) is 2. The van der Waals surface area contributed by atoms with Crippen molar-refractivity contribution in [2.75, 3.05) is 11.2 Å². The number of azo groups is 1. The first-order valence-electron chi connectivity index (χ1n) is 7.26. The summed E-state index contributed by atoms with van der Waals surface area (Å²) >= 11 is 0. The average Bonchev–Trinajstić information content (AvgIpc) is 2.59. The fourth-order valence-corrected chi connectivity index (χ4v) is 2.40. The molecule has 2 aromatic rings. The lowest BCUT2D eigenvalue weighted by molar-refractivity contribution is -0.254. The van der Waals surface area contributed by atoms with Gasteiger partial charge in [0.1, 0.15) is 19.1 Å². The molecule has 140 valence electrons. The number of rotatable bonds is 9. The van der Waals surface area contributed by atoms with Crippen LogP contribution in [0.25, 0.3) is 0 Å². The van der Waals surface area contributed by atoms with Gasteiger partial charge < -0.3 is 5.32 Å². The van der Waals surface area contributed by atoms with E-state index in [4.69, 9.17) is 15.1 Å². The Kier molecular flexibility index (Phi) is 7.15. The van der Waals surface area contributed by atoms with Crippen LogP contribution in [0.5, 0.6) is 0 Å². The highest BCUT2D eigenvalue weighted by Gasteiger charge is 2.04. The molecular formula is C15H17N3O7S. The van der Waals surface area contributed by atoms with Crippen molar-refractivity contribution in [3.8, 4) is 0 Å². The molecule has 0 saturated heterocycles. The SMILES string of the molecule is O=S(=O)(O)CNc1ccc(N=Nc2cc(COO)cc(COO)c2)cc1. The van der Waals surface area contributed by atoms with Crippen LogP contribution >= 0.6 is 0 Å². The summed E-state index contributed by atoms with van der Waals surface area (Å²) in [6.07, 6.45) is 0. The van der Waals surface area contributed by atoms with Crippen molar-refractivity contribution >= 4 is 27.2 Å². The molecule has 2 rings (SSSR count). The number of nitrogens with one attached hydrogen (secondary N) is 1. The molecule has 0 aliphatic carbocycles. The fourth-order valence-electron chi connectivity index (χ4n) is 2.05. The van der Waals surface area contributed by atoms with Gasteiger partial charge in [-0.15, -0.1) is 0 Å². The number of hydrogen-bond acceptors (Lipinski definition) is 9. The third-order valence-corrected chi connectivity index (χ3v) is 3.62. The molecule has 0 aromatic heterocycles. The largest absolute Gasteiger partial charge is 0.370 e. The molecule has 0 amide bonds. The summed E-state index contributed by atoms with van der Waals surface area (Å²) in [7, 11) is -4.11. The third-order valence-electron chi connectivity index (χ3n) is 3.11. The van der Waals surface area contributed by atoms with Gasteiger partial charge in [-0.05, 0) is 47.5 Å². The molecule has 4 N–H and O–H groups in total. The molecular weight excluding hydrogens is 366 g/mol. The Bertz CT molecular complexity index is 830. The summed E-state index contributed by atoms with van der Waals surface area (Å²) in [6, 6.07) is 11.3. The zero-order valence-electron chi connectivity index (χ0n) is 13.4. The topological polar surface area (TPSA) is 150 Å². The highest BCUT2D eigenvalue weighted by molar-refractivity contribution is 7.85. The summed E-state index contributed by atoms with van der Waals surface area (Å²) in [5, 5.41) is 27.8. The van der Waals surface area contributed by atoms with Crippen LogP contribution < -0.4 is 5.32 Å². The maximum atomic E-state index is 10.7. The second-order valence-corrected chi connectivity index (χ2v) is 6.66. The summed E-state index contributed by atoms with van der Waals surface area (Å²) in [5.74, 6) is -0.594. The van der Waals surface area contributed by atoms with Gasteiger partial charge in [-0.2, -0.15) is 18.6 Å². The van der Waals surface area contributed by atoms with Gasteiger partial charge in [-0.25, -0.2) is 9.78 Å². The minimum atomic E-state index is -4.11. The van der Waals surface area contributed by atoms with E-state index in [1.807, 2.05) is 0 Å². The minimum Gasteiger partial charge on any atom is -0.370 e. The normalized spacial score (nSPS) is 11.8. The molecule has 10 nitrogen and oxygen atoms in total. The smallest absolute Gasteiger partial charge is 0.283 e. The molecule has 0 heterocycles. The van der Waals surface area contributed by atoms with E-state index < -0.39 is 16.0 Å². The monoisotopic (exact) mass is 383 g/mol. The van der Waals surface area contributed by atoms with E-state index in [0.29, 0.717) is 28.2 Å². The molecule has 0 spiro atoms. The first-order chi connectivity index (χ1) is 12.4. The lowest BCUT2D eigenvalue weighted by Crippen LogP contribution is -2.12. The van der Waals surface area contributed by atoms with Crippen LogP contribution in [-0.2, 0) is 33.1 Å². The molecule has 2 aromatic carbocycles. The zero-order chi connectivity index (χ0) is 19.0. The standard InChI is InChI=1S/C15H17N3O7S/c19-24-8-11-5-12(9-25-20)7-15(6-11)18-17-14-3-1-13(2-4-14)16-10-26(21,22)23/h1-7,16,19-20H,8-10H2,(H,21,22,23). The quantitative estimate of drug-likeness (QED) is 0.223. The van der Waals surface area contributed by atoms with Crippen LogP contribution in [0.3, 0.4) is 0 Å². The summed E-state index contributed by atoms with van der Waals surface area (Å²) in [5.41, 5.74) is 2.68. The van der Waals surface area contributed by atoms with Crippen molar-refractivity contribution in [1.82, 2.24) is 0 Å². The van der Waals surface area contributed by atoms with Crippen LogP contribution in [0.2, 0.25) is 0 Å². The minimum absolute atomic E-state index is 0.0596. The molecule has 11 heteroatoms. The Balaban J connectivity index is 2.10. The number of benzene rings is 2. The van der Waals surface area contributed by atoms with E-state index in [1.165, 1.54) is 0 Å². The van der Waals surface area contributed by atoms with Gasteiger partial charge in [0, 0.05) is 5.69 Å². The van der Waals surface area contributed by atoms with Crippen molar-refractivity contribution in [3.63, 3.8) is 0 Å². The van der Waals surface area contributed by atoms with Gasteiger partial charge in [-0.3, -0.25) is 15.1 Å². The Hall–Kier alpha value is -2.41. The van der Waals surface area contributed by atoms with E-state index in [0.717, 1.165) is 0 Å². The third kappa shape index (κ3) is 6.84. The molecule has 0 aliphatic rings. The molecule has 26 heavy (non-hydrogen) atoms. The molecule has 0 saturated carbocycles. The first-order valence-corrected chi connectivity index (χ1v) is 8.87. The maximum Gasteiger partial charge on any atom is 0.283 e. The lowest BCUT2D eigenvalue weighted by atomic mass is 10.1. The van der Waals surface area contributed by atoms with Gasteiger partial charge in [0.05, 0.1) is 11.4 Å². The second-order valence-electron chi connectivity index (χ2n) is 5.20. The van der Waals surface area contributed by atoms with Crippen LogP contribution in [-0.4, -0.2) is 29.4 Å². The van der Waals surface area contributed by atoms with Crippen molar-refractivity contribution in [2.24, 2.45) is 10.2 Å². The van der Waals surface area contributed by atoms with E-state index in [9.17, 15) is 8.42 Å². The van der Waals surface area contributed by atoms with Gasteiger partial charge in [0.25, 0.3) is 10.1 Å². The molecule has 0 bridgehead atoms. The highest BCUT2D eigenvalue weighted by Crippen LogP contribution is 2.23. The predicted molar refractivity (Wildman–Crippen MR) is 91.9 cm³/mol. The van der Waals surface area contributed by atoms with Crippen molar-refractivity contribution < 1.29 is 33.3 Å². The molecule has 0 atom stereocenters. The Morgan fingerprint density at radius 2 is 1.42 bits per heavy atom. The van der Waals surface area contributed by atoms with Gasteiger partial charge in [0.2, 0.25) is 0 Å². The molecule has 0 fully saturated rings. The molecule has 0 unspecified atom stereocenters. The summed E-state index contributed by atoms with van der Waals surface area (Å²) in [6.45, 7) is -0.119. The van der Waals surface area contributed by atoms with Crippen molar-refractivity contribution in [1.29, 1.82) is 0 Å². The van der Waals surface area contributed by atoms with Crippen LogP contribution in [0.1, 0.15) is 11.1 Å². The number of anilines is 1. The Labute approximate surface area is 149 Å². The van der Waals surface area contributed by atoms with Gasteiger partial charge in [0.15, 0.2) is 0 Å². The number of hydrogen-bond donors (Lipinski definition) is 4. The first kappa shape index (κ1) is 19.9. The van der Waals surface area contributed by atoms with E-state index >= 15 is 0 Å². The zero-order valence-corrected chi connectivity index (χ0v) is 14.3. The van der Waals surface area contributed by atoms with E-state index in [1.54, 1.807) is 42.5 Å². The maximum absolute atomic E-state index is 10.7. The highest BCUT2D eigenvalue weighted by atomic mass is 32.2. The van der Waals surface area contributed by atoms with Gasteiger partial charge >= 0.3 is 0 Å². The Morgan fingerprint density at radius 1 is 0.885 bits per heavy atom. The second kappa shape index (κ2) is 9.33. The summed E-state index contributed by atoms with van der Waals surface area (Å²) < 4.78 is 30.1. The average molecular weight is 383 g/mol. The van der Waals surface area contributed by atoms with Crippen molar-refractivity contribution in [2.45, 2.75) is 13.2 Å². The summed E-state index contributed by atoms with van der Waals surface area (Å²) in [4.78, 5) is 8.19. The van der Waals surface area contributed by atoms with E-state index in [-0.39, 0.29) is 13.2 Å². The Morgan fingerprint density at radius 3 is 1.92 bits per heavy atom. The molecule has 0 radical (unpaired) electrons. The van der Waals surface area contributed by atoms with Crippen LogP contribution in [0, 0.1) is 0 Å². The fraction of sp³-hybridized carbons (Fsp3) is 0.200. The molecule has 0 aliphatic heterocycles. The van der Waals surface area contributed by atoms with Crippen molar-refractivity contribution in [3.05, 3.63) is 53.6 Å². The predicted octanol–water partition coefficient (Wildman–Crippen LogP) is 3.34. The van der Waals surface area contributed by atoms with Crippen LogP contribution in [0.15, 0.2) is 52.7 Å². The van der Waals surface area contributed by atoms with Gasteiger partial charge in [-0.1, -0.05) is 6.07 Å². The lowest BCUT2D eigenvalue weighted by Gasteiger charge is -2.05. The van der Waals surface area contributed by atoms with Crippen LogP contribution in [0.4, 0.5) is 17.1 Å².